The highest BCUT2D eigenvalue weighted by Gasteiger charge is 2.23. The summed E-state index contributed by atoms with van der Waals surface area (Å²) in [4.78, 5) is 18.2. The Labute approximate surface area is 115 Å². The maximum absolute atomic E-state index is 11.9. The third-order valence-corrected chi connectivity index (χ3v) is 3.80. The molecule has 0 saturated carbocycles. The fraction of sp³-hybridized carbons (Fsp3) is 0.600. The molecular formula is C15H23N3O. The van der Waals surface area contributed by atoms with Crippen molar-refractivity contribution < 1.29 is 4.79 Å². The number of pyridine rings is 1. The number of aryl methyl sites for hydroxylation is 1. The number of carbonyl (C=O) groups excluding carboxylic acids is 1. The summed E-state index contributed by atoms with van der Waals surface area (Å²) in [5, 5.41) is 3.46. The molecule has 4 nitrogen and oxygen atoms in total. The van der Waals surface area contributed by atoms with Crippen LogP contribution in [0.3, 0.4) is 0 Å². The quantitative estimate of drug-likeness (QED) is 0.851. The maximum atomic E-state index is 11.9. The van der Waals surface area contributed by atoms with Gasteiger partial charge in [-0.15, -0.1) is 0 Å². The van der Waals surface area contributed by atoms with Crippen molar-refractivity contribution in [3.05, 3.63) is 29.6 Å². The number of aromatic nitrogens is 1. The topological polar surface area (TPSA) is 45.2 Å². The number of amides is 1. The van der Waals surface area contributed by atoms with Gasteiger partial charge in [0.25, 0.3) is 0 Å². The largest absolute Gasteiger partial charge is 0.343 e. The van der Waals surface area contributed by atoms with E-state index in [9.17, 15) is 4.79 Å². The van der Waals surface area contributed by atoms with E-state index in [0.29, 0.717) is 12.5 Å². The second-order valence-electron chi connectivity index (χ2n) is 4.91. The number of carbonyl (C=O) groups is 1. The molecule has 0 spiro atoms. The molecule has 0 fully saturated rings. The zero-order chi connectivity index (χ0) is 13.7. The summed E-state index contributed by atoms with van der Waals surface area (Å²) in [6.07, 6.45) is 4.59. The second-order valence-corrected chi connectivity index (χ2v) is 4.91. The molecule has 0 saturated heterocycles. The fourth-order valence-corrected chi connectivity index (χ4v) is 2.70. The van der Waals surface area contributed by atoms with Gasteiger partial charge >= 0.3 is 0 Å². The molecule has 1 aromatic heterocycles. The monoisotopic (exact) mass is 261 g/mol. The van der Waals surface area contributed by atoms with Crippen LogP contribution in [-0.4, -0.2) is 35.4 Å². The predicted octanol–water partition coefficient (Wildman–Crippen LogP) is 1.92. The van der Waals surface area contributed by atoms with Gasteiger partial charge in [-0.2, -0.15) is 0 Å². The molecule has 19 heavy (non-hydrogen) atoms. The third kappa shape index (κ3) is 3.32. The Bertz CT molecular complexity index is 429. The minimum atomic E-state index is 0.233. The van der Waals surface area contributed by atoms with E-state index in [-0.39, 0.29) is 5.91 Å². The van der Waals surface area contributed by atoms with Crippen LogP contribution in [0, 0.1) is 0 Å². The minimum Gasteiger partial charge on any atom is -0.343 e. The van der Waals surface area contributed by atoms with Gasteiger partial charge in [-0.05, 0) is 38.3 Å². The average Bonchev–Trinajstić information content (AvgIpc) is 2.84. The molecule has 1 N–H and O–H groups in total. The first-order valence-electron chi connectivity index (χ1n) is 7.21. The molecule has 1 unspecified atom stereocenters. The Kier molecular flexibility index (Phi) is 4.91. The molecule has 1 heterocycles. The van der Waals surface area contributed by atoms with Gasteiger partial charge in [-0.3, -0.25) is 9.78 Å². The summed E-state index contributed by atoms with van der Waals surface area (Å²) in [7, 11) is 0. The summed E-state index contributed by atoms with van der Waals surface area (Å²) in [5.74, 6) is 0.233. The minimum absolute atomic E-state index is 0.233. The molecule has 1 aliphatic carbocycles. The third-order valence-electron chi connectivity index (χ3n) is 3.80. The van der Waals surface area contributed by atoms with Gasteiger partial charge in [0.2, 0.25) is 5.91 Å². The molecule has 0 aliphatic heterocycles. The van der Waals surface area contributed by atoms with Crippen LogP contribution in [0.25, 0.3) is 0 Å². The lowest BCUT2D eigenvalue weighted by atomic mass is 10.2. The molecule has 1 amide bonds. The number of fused-ring (bicyclic) bond motifs is 1. The van der Waals surface area contributed by atoms with Crippen molar-refractivity contribution in [2.45, 2.75) is 39.2 Å². The fourth-order valence-electron chi connectivity index (χ4n) is 2.70. The van der Waals surface area contributed by atoms with Gasteiger partial charge in [-0.1, -0.05) is 6.07 Å². The highest BCUT2D eigenvalue weighted by molar-refractivity contribution is 5.76. The summed E-state index contributed by atoms with van der Waals surface area (Å²) >= 11 is 0. The average molecular weight is 261 g/mol. The Morgan fingerprint density at radius 3 is 3.00 bits per heavy atom. The van der Waals surface area contributed by atoms with Gasteiger partial charge in [0, 0.05) is 32.3 Å². The second kappa shape index (κ2) is 6.66. The van der Waals surface area contributed by atoms with Gasteiger partial charge < -0.3 is 10.2 Å². The summed E-state index contributed by atoms with van der Waals surface area (Å²) < 4.78 is 0. The van der Waals surface area contributed by atoms with Gasteiger partial charge in [0.15, 0.2) is 0 Å². The number of nitrogens with zero attached hydrogens (tertiary/aromatic N) is 2. The van der Waals surface area contributed by atoms with E-state index in [4.69, 9.17) is 0 Å². The number of hydrogen-bond donors (Lipinski definition) is 1. The van der Waals surface area contributed by atoms with Crippen molar-refractivity contribution in [3.8, 4) is 0 Å². The van der Waals surface area contributed by atoms with Crippen LogP contribution in [0.4, 0.5) is 0 Å². The Balaban J connectivity index is 1.80. The normalized spacial score (nSPS) is 17.3. The molecule has 1 aliphatic rings. The van der Waals surface area contributed by atoms with E-state index in [2.05, 4.69) is 16.4 Å². The van der Waals surface area contributed by atoms with Gasteiger partial charge in [0.05, 0.1) is 11.7 Å². The summed E-state index contributed by atoms with van der Waals surface area (Å²) in [6.45, 7) is 6.36. The van der Waals surface area contributed by atoms with Gasteiger partial charge in [0.1, 0.15) is 0 Å². The number of nitrogens with one attached hydrogen (secondary N) is 1. The first-order chi connectivity index (χ1) is 9.26. The zero-order valence-corrected chi connectivity index (χ0v) is 11.9. The maximum Gasteiger partial charge on any atom is 0.223 e. The van der Waals surface area contributed by atoms with Crippen molar-refractivity contribution in [2.75, 3.05) is 19.6 Å². The predicted molar refractivity (Wildman–Crippen MR) is 75.8 cm³/mol. The van der Waals surface area contributed by atoms with Gasteiger partial charge in [-0.25, -0.2) is 0 Å². The number of rotatable bonds is 6. The molecule has 0 radical (unpaired) electrons. The van der Waals surface area contributed by atoms with Crippen LogP contribution >= 0.6 is 0 Å². The van der Waals surface area contributed by atoms with Crippen LogP contribution in [0.1, 0.15) is 44.0 Å². The van der Waals surface area contributed by atoms with Crippen molar-refractivity contribution in [1.29, 1.82) is 0 Å². The van der Waals surface area contributed by atoms with E-state index < -0.39 is 0 Å². The van der Waals surface area contributed by atoms with Crippen molar-refractivity contribution in [3.63, 3.8) is 0 Å². The lowest BCUT2D eigenvalue weighted by Crippen LogP contribution is -2.33. The first kappa shape index (κ1) is 14.0. The Hall–Kier alpha value is -1.42. The van der Waals surface area contributed by atoms with Crippen molar-refractivity contribution in [1.82, 2.24) is 15.2 Å². The van der Waals surface area contributed by atoms with Crippen molar-refractivity contribution in [2.24, 2.45) is 0 Å². The van der Waals surface area contributed by atoms with Crippen LogP contribution in [0.15, 0.2) is 18.3 Å². The zero-order valence-electron chi connectivity index (χ0n) is 11.9. The summed E-state index contributed by atoms with van der Waals surface area (Å²) in [6, 6.07) is 4.46. The van der Waals surface area contributed by atoms with E-state index >= 15 is 0 Å². The Morgan fingerprint density at radius 1 is 1.47 bits per heavy atom. The van der Waals surface area contributed by atoms with E-state index in [1.54, 1.807) is 0 Å². The molecule has 2 rings (SSSR count). The molecule has 0 aromatic carbocycles. The lowest BCUT2D eigenvalue weighted by Gasteiger charge is -2.19. The molecule has 1 aromatic rings. The smallest absolute Gasteiger partial charge is 0.223 e. The summed E-state index contributed by atoms with van der Waals surface area (Å²) in [5.41, 5.74) is 2.51. The van der Waals surface area contributed by atoms with E-state index in [0.717, 1.165) is 38.2 Å². The number of hydrogen-bond acceptors (Lipinski definition) is 3. The first-order valence-corrected chi connectivity index (χ1v) is 7.21. The highest BCUT2D eigenvalue weighted by atomic mass is 16.2. The Morgan fingerprint density at radius 2 is 2.26 bits per heavy atom. The van der Waals surface area contributed by atoms with Crippen LogP contribution in [0.5, 0.6) is 0 Å². The van der Waals surface area contributed by atoms with Crippen LogP contribution < -0.4 is 5.32 Å². The van der Waals surface area contributed by atoms with Crippen LogP contribution in [0.2, 0.25) is 0 Å². The molecule has 1 atom stereocenters. The van der Waals surface area contributed by atoms with E-state index in [1.807, 2.05) is 31.0 Å². The molecule has 4 heteroatoms. The van der Waals surface area contributed by atoms with Crippen molar-refractivity contribution >= 4 is 5.91 Å². The lowest BCUT2D eigenvalue weighted by molar-refractivity contribution is -0.130. The molecule has 104 valence electrons. The standard InChI is InChI=1S/C15H23N3O/c1-3-18(4-2)14(19)9-11-16-13-8-7-12-6-5-10-17-15(12)13/h5-6,10,13,16H,3-4,7-9,11H2,1-2H3. The van der Waals surface area contributed by atoms with E-state index in [1.165, 1.54) is 5.56 Å². The van der Waals surface area contributed by atoms with Crippen LogP contribution in [-0.2, 0) is 11.2 Å². The highest BCUT2D eigenvalue weighted by Crippen LogP contribution is 2.28. The molecule has 0 bridgehead atoms. The SMILES string of the molecule is CCN(CC)C(=O)CCNC1CCc2cccnc21. The molecular weight excluding hydrogens is 238 g/mol.